The lowest BCUT2D eigenvalue weighted by Crippen LogP contribution is -2.27. The first kappa shape index (κ1) is 11.9. The largest absolute Gasteiger partial charge is 0.257 e. The Morgan fingerprint density at radius 3 is 2.39 bits per heavy atom. The van der Waals surface area contributed by atoms with Gasteiger partial charge in [-0.05, 0) is 35.2 Å². The van der Waals surface area contributed by atoms with Crippen molar-refractivity contribution in [3.8, 4) is 0 Å². The molecule has 3 rings (SSSR count). The number of fused-ring (bicyclic) bond motifs is 2. The summed E-state index contributed by atoms with van der Waals surface area (Å²) in [4.78, 5) is 9.16. The number of aromatic nitrogens is 2. The molecule has 2 aliphatic rings. The van der Waals surface area contributed by atoms with Crippen molar-refractivity contribution in [3.63, 3.8) is 0 Å². The van der Waals surface area contributed by atoms with Gasteiger partial charge < -0.3 is 0 Å². The van der Waals surface area contributed by atoms with E-state index in [9.17, 15) is 0 Å². The lowest BCUT2D eigenvalue weighted by Gasteiger charge is -2.34. The normalized spacial score (nSPS) is 27.9. The Morgan fingerprint density at radius 2 is 1.67 bits per heavy atom. The van der Waals surface area contributed by atoms with Crippen molar-refractivity contribution in [2.45, 2.75) is 47.5 Å². The molecule has 2 nitrogen and oxygen atoms in total. The summed E-state index contributed by atoms with van der Waals surface area (Å²) in [6, 6.07) is 0. The fourth-order valence-corrected chi connectivity index (χ4v) is 3.99. The quantitative estimate of drug-likeness (QED) is 0.690. The van der Waals surface area contributed by atoms with Crippen molar-refractivity contribution >= 4 is 5.57 Å². The van der Waals surface area contributed by atoms with Crippen molar-refractivity contribution in [3.05, 3.63) is 29.4 Å². The molecule has 0 radical (unpaired) electrons. The van der Waals surface area contributed by atoms with E-state index in [4.69, 9.17) is 0 Å². The standard InChI is InChI=1S/C16H22N2/c1-10-15(2,3)11-6-7-12-14(18-9-8-17-12)13(11)16(10,4)5/h8-10H,6-7H2,1-5H3. The number of aryl methyl sites for hydroxylation is 1. The Balaban J connectivity index is 2.28. The first-order valence-corrected chi connectivity index (χ1v) is 6.91. The minimum absolute atomic E-state index is 0.198. The van der Waals surface area contributed by atoms with Crippen LogP contribution in [-0.4, -0.2) is 9.97 Å². The van der Waals surface area contributed by atoms with Crippen molar-refractivity contribution in [2.75, 3.05) is 0 Å². The first-order valence-electron chi connectivity index (χ1n) is 6.91. The molecule has 0 aromatic carbocycles. The zero-order valence-corrected chi connectivity index (χ0v) is 12.0. The summed E-state index contributed by atoms with van der Waals surface area (Å²) in [6.45, 7) is 11.9. The van der Waals surface area contributed by atoms with Gasteiger partial charge in [0.05, 0.1) is 11.4 Å². The second-order valence-corrected chi connectivity index (χ2v) is 6.87. The zero-order valence-electron chi connectivity index (χ0n) is 12.0. The summed E-state index contributed by atoms with van der Waals surface area (Å²) in [5.41, 5.74) is 5.94. The van der Waals surface area contributed by atoms with Gasteiger partial charge in [-0.2, -0.15) is 0 Å². The van der Waals surface area contributed by atoms with Gasteiger partial charge in [0, 0.05) is 12.4 Å². The maximum absolute atomic E-state index is 4.64. The van der Waals surface area contributed by atoms with E-state index in [2.05, 4.69) is 44.6 Å². The Hall–Kier alpha value is -1.18. The molecule has 0 amide bonds. The van der Waals surface area contributed by atoms with Crippen LogP contribution in [0.4, 0.5) is 0 Å². The molecule has 1 atom stereocenters. The Morgan fingerprint density at radius 1 is 1.00 bits per heavy atom. The van der Waals surface area contributed by atoms with Gasteiger partial charge in [-0.15, -0.1) is 0 Å². The summed E-state index contributed by atoms with van der Waals surface area (Å²) >= 11 is 0. The lowest BCUT2D eigenvalue weighted by atomic mass is 9.69. The third-order valence-corrected chi connectivity index (χ3v) is 5.51. The van der Waals surface area contributed by atoms with E-state index in [1.54, 1.807) is 5.57 Å². The van der Waals surface area contributed by atoms with Crippen LogP contribution in [0.15, 0.2) is 18.0 Å². The summed E-state index contributed by atoms with van der Waals surface area (Å²) < 4.78 is 0. The average molecular weight is 242 g/mol. The van der Waals surface area contributed by atoms with E-state index in [0.717, 1.165) is 12.8 Å². The second-order valence-electron chi connectivity index (χ2n) is 6.87. The van der Waals surface area contributed by atoms with Gasteiger partial charge in [0.15, 0.2) is 0 Å². The fraction of sp³-hybridized carbons (Fsp3) is 0.625. The highest BCUT2D eigenvalue weighted by Gasteiger charge is 2.52. The molecule has 0 N–H and O–H groups in total. The molecule has 1 unspecified atom stereocenters. The van der Waals surface area contributed by atoms with Gasteiger partial charge in [-0.25, -0.2) is 0 Å². The number of hydrogen-bond donors (Lipinski definition) is 0. The van der Waals surface area contributed by atoms with Crippen molar-refractivity contribution in [1.82, 2.24) is 9.97 Å². The SMILES string of the molecule is CC1C(C)(C)C2=C(c3nccnc3CC2)C1(C)C. The van der Waals surface area contributed by atoms with Crippen LogP contribution < -0.4 is 0 Å². The van der Waals surface area contributed by atoms with Gasteiger partial charge in [-0.1, -0.05) is 40.2 Å². The zero-order chi connectivity index (χ0) is 13.1. The predicted molar refractivity (Wildman–Crippen MR) is 74.0 cm³/mol. The second kappa shape index (κ2) is 3.43. The maximum Gasteiger partial charge on any atom is 0.0882 e. The number of nitrogens with zero attached hydrogens (tertiary/aromatic N) is 2. The average Bonchev–Trinajstić information content (AvgIpc) is 2.48. The molecule has 0 aliphatic heterocycles. The van der Waals surface area contributed by atoms with Crippen LogP contribution in [0.1, 0.15) is 52.4 Å². The maximum atomic E-state index is 4.64. The topological polar surface area (TPSA) is 25.8 Å². The fourth-order valence-electron chi connectivity index (χ4n) is 3.99. The molecule has 1 heterocycles. The number of rotatable bonds is 0. The minimum Gasteiger partial charge on any atom is -0.257 e. The van der Waals surface area contributed by atoms with Gasteiger partial charge in [0.2, 0.25) is 0 Å². The first-order chi connectivity index (χ1) is 8.37. The smallest absolute Gasteiger partial charge is 0.0882 e. The van der Waals surface area contributed by atoms with Gasteiger partial charge in [-0.3, -0.25) is 9.97 Å². The minimum atomic E-state index is 0.198. The Labute approximate surface area is 110 Å². The van der Waals surface area contributed by atoms with E-state index in [1.807, 2.05) is 12.4 Å². The molecule has 1 aromatic rings. The van der Waals surface area contributed by atoms with Gasteiger partial charge in [0.25, 0.3) is 0 Å². The molecule has 0 saturated carbocycles. The van der Waals surface area contributed by atoms with Crippen LogP contribution in [0, 0.1) is 16.7 Å². The van der Waals surface area contributed by atoms with Crippen molar-refractivity contribution < 1.29 is 0 Å². The van der Waals surface area contributed by atoms with Gasteiger partial charge in [0.1, 0.15) is 0 Å². The van der Waals surface area contributed by atoms with E-state index >= 15 is 0 Å². The highest BCUT2D eigenvalue weighted by atomic mass is 14.8. The van der Waals surface area contributed by atoms with E-state index < -0.39 is 0 Å². The molecule has 96 valence electrons. The monoisotopic (exact) mass is 242 g/mol. The van der Waals surface area contributed by atoms with Gasteiger partial charge >= 0.3 is 0 Å². The summed E-state index contributed by atoms with van der Waals surface area (Å²) in [5.74, 6) is 0.642. The summed E-state index contributed by atoms with van der Waals surface area (Å²) in [5, 5.41) is 0. The third kappa shape index (κ3) is 1.29. The van der Waals surface area contributed by atoms with Crippen LogP contribution in [0.5, 0.6) is 0 Å². The predicted octanol–water partition coefficient (Wildman–Crippen LogP) is 3.88. The molecule has 0 fully saturated rings. The van der Waals surface area contributed by atoms with Crippen LogP contribution in [0.25, 0.3) is 5.57 Å². The molecule has 18 heavy (non-hydrogen) atoms. The van der Waals surface area contributed by atoms with Crippen LogP contribution in [0.3, 0.4) is 0 Å². The lowest BCUT2D eigenvalue weighted by molar-refractivity contribution is 0.198. The van der Waals surface area contributed by atoms with E-state index in [-0.39, 0.29) is 10.8 Å². The summed E-state index contributed by atoms with van der Waals surface area (Å²) in [6.07, 6.45) is 5.86. The highest BCUT2D eigenvalue weighted by Crippen LogP contribution is 2.62. The molecule has 2 heteroatoms. The Bertz CT molecular complexity index is 538. The molecule has 1 aromatic heterocycles. The Kier molecular flexibility index (Phi) is 2.27. The van der Waals surface area contributed by atoms with Crippen LogP contribution in [0.2, 0.25) is 0 Å². The van der Waals surface area contributed by atoms with Crippen molar-refractivity contribution in [2.24, 2.45) is 16.7 Å². The number of hydrogen-bond acceptors (Lipinski definition) is 2. The van der Waals surface area contributed by atoms with E-state index in [0.29, 0.717) is 5.92 Å². The molecule has 0 spiro atoms. The number of allylic oxidation sites excluding steroid dienone is 2. The molecule has 0 bridgehead atoms. The molecule has 2 aliphatic carbocycles. The van der Waals surface area contributed by atoms with E-state index in [1.165, 1.54) is 17.0 Å². The van der Waals surface area contributed by atoms with Crippen LogP contribution >= 0.6 is 0 Å². The third-order valence-electron chi connectivity index (χ3n) is 5.51. The highest BCUT2D eigenvalue weighted by molar-refractivity contribution is 5.77. The molecular weight excluding hydrogens is 220 g/mol. The molecule has 0 saturated heterocycles. The van der Waals surface area contributed by atoms with Crippen molar-refractivity contribution in [1.29, 1.82) is 0 Å². The summed E-state index contributed by atoms with van der Waals surface area (Å²) in [7, 11) is 0. The molecular formula is C16H22N2. The van der Waals surface area contributed by atoms with Crippen LogP contribution in [-0.2, 0) is 6.42 Å².